The van der Waals surface area contributed by atoms with Crippen LogP contribution in [0.25, 0.3) is 0 Å². The molecule has 0 aliphatic rings. The van der Waals surface area contributed by atoms with Crippen molar-refractivity contribution in [2.45, 2.75) is 46.2 Å². The number of nitrogens with zero attached hydrogens (tertiary/aromatic N) is 1. The summed E-state index contributed by atoms with van der Waals surface area (Å²) in [7, 11) is 1.75. The van der Waals surface area contributed by atoms with E-state index < -0.39 is 5.91 Å². The van der Waals surface area contributed by atoms with Gasteiger partial charge in [-0.2, -0.15) is 0 Å². The zero-order chi connectivity index (χ0) is 19.5. The first-order chi connectivity index (χ1) is 12.3. The fraction of sp³-hybridized carbons (Fsp3) is 0.526. The summed E-state index contributed by atoms with van der Waals surface area (Å²) < 4.78 is 0. The fourth-order valence-electron chi connectivity index (χ4n) is 2.31. The molecule has 1 aromatic carbocycles. The highest BCUT2D eigenvalue weighted by molar-refractivity contribution is 14.0. The van der Waals surface area contributed by atoms with Crippen molar-refractivity contribution in [1.82, 2.24) is 16.0 Å². The minimum atomic E-state index is -0.569. The number of hydrogen-bond donors (Lipinski definition) is 4. The van der Waals surface area contributed by atoms with E-state index >= 15 is 0 Å². The van der Waals surface area contributed by atoms with Crippen molar-refractivity contribution in [2.24, 2.45) is 16.6 Å². The minimum absolute atomic E-state index is 0. The summed E-state index contributed by atoms with van der Waals surface area (Å²) in [6, 6.07) is 7.51. The summed E-state index contributed by atoms with van der Waals surface area (Å²) in [4.78, 5) is 26.8. The van der Waals surface area contributed by atoms with Crippen molar-refractivity contribution < 1.29 is 9.59 Å². The summed E-state index contributed by atoms with van der Waals surface area (Å²) in [6.45, 7) is 7.02. The van der Waals surface area contributed by atoms with E-state index in [0.29, 0.717) is 24.1 Å². The molecule has 0 saturated carbocycles. The maximum absolute atomic E-state index is 11.8. The molecule has 0 bridgehead atoms. The molecular formula is C19H32IN5O2. The van der Waals surface area contributed by atoms with E-state index in [1.165, 1.54) is 6.42 Å². The van der Waals surface area contributed by atoms with E-state index in [0.717, 1.165) is 17.9 Å². The Bertz CT molecular complexity index is 617. The maximum atomic E-state index is 11.8. The van der Waals surface area contributed by atoms with Crippen molar-refractivity contribution in [3.8, 4) is 0 Å². The lowest BCUT2D eigenvalue weighted by molar-refractivity contribution is -0.117. The van der Waals surface area contributed by atoms with Crippen LogP contribution in [0.15, 0.2) is 29.3 Å². The number of nitrogens with two attached hydrogens (primary N) is 1. The highest BCUT2D eigenvalue weighted by Gasteiger charge is 2.08. The van der Waals surface area contributed by atoms with Crippen LogP contribution in [-0.4, -0.2) is 37.4 Å². The molecule has 5 N–H and O–H groups in total. The van der Waals surface area contributed by atoms with Gasteiger partial charge in [0.25, 0.3) is 5.91 Å². The largest absolute Gasteiger partial charge is 0.368 e. The lowest BCUT2D eigenvalue weighted by atomic mass is 10.0. The van der Waals surface area contributed by atoms with Gasteiger partial charge in [-0.1, -0.05) is 26.0 Å². The van der Waals surface area contributed by atoms with Crippen LogP contribution in [0.5, 0.6) is 0 Å². The first kappa shape index (κ1) is 25.2. The molecule has 0 spiro atoms. The number of amides is 2. The van der Waals surface area contributed by atoms with Crippen LogP contribution in [0.2, 0.25) is 0 Å². The molecule has 8 heteroatoms. The van der Waals surface area contributed by atoms with Crippen LogP contribution in [0, 0.1) is 5.92 Å². The molecule has 0 aliphatic carbocycles. The third-order valence-electron chi connectivity index (χ3n) is 3.88. The number of nitrogens with one attached hydrogen (secondary N) is 3. The Morgan fingerprint density at radius 3 is 2.22 bits per heavy atom. The average Bonchev–Trinajstić information content (AvgIpc) is 2.61. The van der Waals surface area contributed by atoms with Crippen LogP contribution in [0.3, 0.4) is 0 Å². The van der Waals surface area contributed by atoms with Gasteiger partial charge in [-0.15, -0.1) is 24.0 Å². The quantitative estimate of drug-likeness (QED) is 0.242. The summed E-state index contributed by atoms with van der Waals surface area (Å²) in [5.74, 6) is 0.554. The Morgan fingerprint density at radius 1 is 1.07 bits per heavy atom. The van der Waals surface area contributed by atoms with Gasteiger partial charge < -0.3 is 21.7 Å². The summed E-state index contributed by atoms with van der Waals surface area (Å²) in [6.07, 6.45) is 2.26. The number of hydrogen-bond acceptors (Lipinski definition) is 3. The van der Waals surface area contributed by atoms with Crippen LogP contribution >= 0.6 is 24.0 Å². The molecule has 1 atom stereocenters. The van der Waals surface area contributed by atoms with Crippen LogP contribution in [-0.2, 0) is 11.3 Å². The molecular weight excluding hydrogens is 457 g/mol. The Kier molecular flexibility index (Phi) is 12.4. The number of benzene rings is 1. The minimum Gasteiger partial charge on any atom is -0.368 e. The number of guanidine groups is 1. The van der Waals surface area contributed by atoms with E-state index in [1.54, 1.807) is 19.2 Å². The van der Waals surface area contributed by atoms with Gasteiger partial charge in [-0.3, -0.25) is 14.6 Å². The van der Waals surface area contributed by atoms with Crippen molar-refractivity contribution in [3.05, 3.63) is 35.4 Å². The normalized spacial score (nSPS) is 12.1. The van der Waals surface area contributed by atoms with Gasteiger partial charge in [-0.25, -0.2) is 0 Å². The summed E-state index contributed by atoms with van der Waals surface area (Å²) in [5, 5.41) is 9.11. The highest BCUT2D eigenvalue weighted by Crippen LogP contribution is 2.07. The number of aliphatic imine (C=N–C) groups is 1. The summed E-state index contributed by atoms with van der Waals surface area (Å²) >= 11 is 0. The first-order valence-corrected chi connectivity index (χ1v) is 8.94. The van der Waals surface area contributed by atoms with E-state index in [1.807, 2.05) is 12.1 Å². The average molecular weight is 489 g/mol. The number of primary amides is 1. The van der Waals surface area contributed by atoms with Gasteiger partial charge in [0.05, 0.1) is 6.54 Å². The molecule has 152 valence electrons. The lowest BCUT2D eigenvalue weighted by Crippen LogP contribution is -2.41. The fourth-order valence-corrected chi connectivity index (χ4v) is 2.31. The van der Waals surface area contributed by atoms with Gasteiger partial charge in [0.1, 0.15) is 0 Å². The van der Waals surface area contributed by atoms with Crippen LogP contribution in [0.4, 0.5) is 0 Å². The summed E-state index contributed by atoms with van der Waals surface area (Å²) in [5.41, 5.74) is 6.52. The highest BCUT2D eigenvalue weighted by atomic mass is 127. The first-order valence-electron chi connectivity index (χ1n) is 8.94. The molecule has 0 fully saturated rings. The monoisotopic (exact) mass is 489 g/mol. The second kappa shape index (κ2) is 13.3. The van der Waals surface area contributed by atoms with Gasteiger partial charge in [0, 0.05) is 25.2 Å². The van der Waals surface area contributed by atoms with Crippen molar-refractivity contribution >= 4 is 41.8 Å². The Hall–Kier alpha value is -1.84. The molecule has 0 aliphatic heterocycles. The second-order valence-electron chi connectivity index (χ2n) is 6.79. The molecule has 2 amide bonds. The molecule has 0 aromatic heterocycles. The number of carbonyl (C=O) groups is 2. The van der Waals surface area contributed by atoms with E-state index in [2.05, 4.69) is 41.7 Å². The van der Waals surface area contributed by atoms with Crippen molar-refractivity contribution in [3.63, 3.8) is 0 Å². The van der Waals surface area contributed by atoms with Crippen molar-refractivity contribution in [2.75, 3.05) is 13.6 Å². The molecule has 1 unspecified atom stereocenters. The maximum Gasteiger partial charge on any atom is 0.251 e. The molecule has 0 saturated heterocycles. The van der Waals surface area contributed by atoms with E-state index in [4.69, 9.17) is 5.73 Å². The Balaban J connectivity index is 0.00000676. The van der Waals surface area contributed by atoms with E-state index in [9.17, 15) is 9.59 Å². The Labute approximate surface area is 179 Å². The standard InChI is InChI=1S/C19H31N5O2.HI/c1-13(2)5-6-14(3)24-19(21-4)23-11-15-7-9-16(10-8-15)18(26)22-12-17(20)25;/h7-10,13-14H,5-6,11-12H2,1-4H3,(H2,20,25)(H,22,26)(H2,21,23,24);1H. The zero-order valence-corrected chi connectivity index (χ0v) is 18.9. The molecule has 27 heavy (non-hydrogen) atoms. The van der Waals surface area contributed by atoms with E-state index in [-0.39, 0.29) is 36.4 Å². The van der Waals surface area contributed by atoms with Crippen LogP contribution in [0.1, 0.15) is 49.5 Å². The number of carbonyl (C=O) groups excluding carboxylic acids is 2. The van der Waals surface area contributed by atoms with Crippen molar-refractivity contribution in [1.29, 1.82) is 0 Å². The molecule has 1 aromatic rings. The van der Waals surface area contributed by atoms with Gasteiger partial charge >= 0.3 is 0 Å². The number of rotatable bonds is 9. The van der Waals surface area contributed by atoms with Gasteiger partial charge in [-0.05, 0) is 43.4 Å². The second-order valence-corrected chi connectivity index (χ2v) is 6.79. The van der Waals surface area contributed by atoms with Gasteiger partial charge in [0.2, 0.25) is 5.91 Å². The number of halogens is 1. The SMILES string of the molecule is CN=C(NCc1ccc(C(=O)NCC(N)=O)cc1)NC(C)CCC(C)C.I. The molecule has 0 radical (unpaired) electrons. The third kappa shape index (κ3) is 10.8. The smallest absolute Gasteiger partial charge is 0.251 e. The zero-order valence-electron chi connectivity index (χ0n) is 16.5. The molecule has 1 rings (SSSR count). The predicted molar refractivity (Wildman–Crippen MR) is 120 cm³/mol. The topological polar surface area (TPSA) is 109 Å². The van der Waals surface area contributed by atoms with Crippen LogP contribution < -0.4 is 21.7 Å². The van der Waals surface area contributed by atoms with Gasteiger partial charge in [0.15, 0.2) is 5.96 Å². The lowest BCUT2D eigenvalue weighted by Gasteiger charge is -2.18. The predicted octanol–water partition coefficient (Wildman–Crippen LogP) is 2.01. The Morgan fingerprint density at radius 2 is 1.70 bits per heavy atom. The third-order valence-corrected chi connectivity index (χ3v) is 3.88. The molecule has 0 heterocycles. The molecule has 7 nitrogen and oxygen atoms in total.